The standard InChI is InChI=1S/C15H23N3O4S.ClH/c1-11-14(23(20,21)18-7-2-3-8-18)9-13(22-11)15(19)17-6-4-5-12(16)10-17;/h9,12H,2-8,10,16H2,1H3;1H. The number of hydrogen-bond acceptors (Lipinski definition) is 5. The zero-order chi connectivity index (χ0) is 16.6. The topological polar surface area (TPSA) is 96.8 Å². The molecule has 0 saturated carbocycles. The molecule has 3 rings (SSSR count). The summed E-state index contributed by atoms with van der Waals surface area (Å²) < 4.78 is 32.2. The number of likely N-dealkylation sites (tertiary alicyclic amines) is 1. The molecule has 2 aliphatic rings. The summed E-state index contributed by atoms with van der Waals surface area (Å²) in [5.74, 6) is 0.0575. The molecular weight excluding hydrogens is 354 g/mol. The Hall–Kier alpha value is -1.09. The number of hydrogen-bond donors (Lipinski definition) is 1. The summed E-state index contributed by atoms with van der Waals surface area (Å²) in [6.07, 6.45) is 3.49. The van der Waals surface area contributed by atoms with Crippen molar-refractivity contribution in [3.8, 4) is 0 Å². The average molecular weight is 378 g/mol. The Morgan fingerprint density at radius 2 is 1.92 bits per heavy atom. The number of nitrogens with two attached hydrogens (primary N) is 1. The highest BCUT2D eigenvalue weighted by atomic mass is 35.5. The van der Waals surface area contributed by atoms with Crippen LogP contribution in [0, 0.1) is 6.92 Å². The molecule has 2 saturated heterocycles. The fourth-order valence-corrected chi connectivity index (χ4v) is 4.92. The summed E-state index contributed by atoms with van der Waals surface area (Å²) in [7, 11) is -3.58. The molecule has 0 bridgehead atoms. The van der Waals surface area contributed by atoms with E-state index in [1.54, 1.807) is 11.8 Å². The number of halogens is 1. The molecule has 24 heavy (non-hydrogen) atoms. The fourth-order valence-electron chi connectivity index (χ4n) is 3.24. The van der Waals surface area contributed by atoms with E-state index >= 15 is 0 Å². The Balaban J connectivity index is 0.00000208. The lowest BCUT2D eigenvalue weighted by Crippen LogP contribution is -2.45. The molecule has 1 aromatic rings. The van der Waals surface area contributed by atoms with Gasteiger partial charge in [-0.2, -0.15) is 4.31 Å². The molecule has 1 amide bonds. The van der Waals surface area contributed by atoms with Crippen LogP contribution in [0.1, 0.15) is 42.0 Å². The molecular formula is C15H24ClN3O4S. The van der Waals surface area contributed by atoms with Crippen LogP contribution in [0.25, 0.3) is 0 Å². The van der Waals surface area contributed by atoms with Crippen molar-refractivity contribution in [3.05, 3.63) is 17.6 Å². The van der Waals surface area contributed by atoms with Gasteiger partial charge in [-0.25, -0.2) is 8.42 Å². The van der Waals surface area contributed by atoms with E-state index in [4.69, 9.17) is 10.2 Å². The Morgan fingerprint density at radius 1 is 1.25 bits per heavy atom. The molecule has 136 valence electrons. The monoisotopic (exact) mass is 377 g/mol. The van der Waals surface area contributed by atoms with E-state index in [9.17, 15) is 13.2 Å². The fraction of sp³-hybridized carbons (Fsp3) is 0.667. The summed E-state index contributed by atoms with van der Waals surface area (Å²) in [5.41, 5.74) is 5.90. The van der Waals surface area contributed by atoms with E-state index in [-0.39, 0.29) is 40.8 Å². The van der Waals surface area contributed by atoms with Gasteiger partial charge < -0.3 is 15.1 Å². The van der Waals surface area contributed by atoms with Crippen LogP contribution in [0.3, 0.4) is 0 Å². The van der Waals surface area contributed by atoms with Crippen LogP contribution in [0.2, 0.25) is 0 Å². The lowest BCUT2D eigenvalue weighted by Gasteiger charge is -2.30. The van der Waals surface area contributed by atoms with Crippen LogP contribution < -0.4 is 5.73 Å². The molecule has 0 aromatic carbocycles. The molecule has 3 heterocycles. The highest BCUT2D eigenvalue weighted by Crippen LogP contribution is 2.27. The first kappa shape index (κ1) is 19.2. The van der Waals surface area contributed by atoms with Gasteiger partial charge in [0.05, 0.1) is 0 Å². The maximum absolute atomic E-state index is 12.6. The predicted molar refractivity (Wildman–Crippen MR) is 91.8 cm³/mol. The van der Waals surface area contributed by atoms with Crippen molar-refractivity contribution < 1.29 is 17.6 Å². The van der Waals surface area contributed by atoms with Gasteiger partial charge in [-0.15, -0.1) is 12.4 Å². The Morgan fingerprint density at radius 3 is 2.54 bits per heavy atom. The van der Waals surface area contributed by atoms with E-state index in [0.717, 1.165) is 25.7 Å². The Labute approximate surface area is 148 Å². The van der Waals surface area contributed by atoms with Crippen molar-refractivity contribution >= 4 is 28.3 Å². The molecule has 1 aromatic heterocycles. The SMILES string of the molecule is Cc1oc(C(=O)N2CCCC(N)C2)cc1S(=O)(=O)N1CCCC1.Cl. The number of aryl methyl sites for hydroxylation is 1. The van der Waals surface area contributed by atoms with Gasteiger partial charge in [-0.05, 0) is 32.6 Å². The van der Waals surface area contributed by atoms with Crippen LogP contribution >= 0.6 is 12.4 Å². The second-order valence-corrected chi connectivity index (χ2v) is 8.20. The van der Waals surface area contributed by atoms with Crippen LogP contribution in [-0.4, -0.2) is 55.8 Å². The van der Waals surface area contributed by atoms with Gasteiger partial charge >= 0.3 is 0 Å². The smallest absolute Gasteiger partial charge is 0.289 e. The van der Waals surface area contributed by atoms with Crippen LogP contribution in [0.15, 0.2) is 15.4 Å². The van der Waals surface area contributed by atoms with E-state index < -0.39 is 10.0 Å². The van der Waals surface area contributed by atoms with Crippen LogP contribution in [0.5, 0.6) is 0 Å². The van der Waals surface area contributed by atoms with Gasteiger partial charge in [0.2, 0.25) is 10.0 Å². The maximum Gasteiger partial charge on any atom is 0.289 e. The van der Waals surface area contributed by atoms with Crippen molar-refractivity contribution in [1.29, 1.82) is 0 Å². The number of amides is 1. The summed E-state index contributed by atoms with van der Waals surface area (Å²) >= 11 is 0. The number of rotatable bonds is 3. The summed E-state index contributed by atoms with van der Waals surface area (Å²) in [6.45, 7) is 3.74. The Kier molecular flexibility index (Phi) is 5.95. The van der Waals surface area contributed by atoms with Crippen molar-refractivity contribution in [1.82, 2.24) is 9.21 Å². The molecule has 1 atom stereocenters. The summed E-state index contributed by atoms with van der Waals surface area (Å²) in [5, 5.41) is 0. The van der Waals surface area contributed by atoms with E-state index in [1.807, 2.05) is 0 Å². The first-order valence-electron chi connectivity index (χ1n) is 8.05. The molecule has 2 aliphatic heterocycles. The maximum atomic E-state index is 12.6. The van der Waals surface area contributed by atoms with Crippen molar-refractivity contribution in [2.24, 2.45) is 5.73 Å². The van der Waals surface area contributed by atoms with E-state index in [1.165, 1.54) is 10.4 Å². The van der Waals surface area contributed by atoms with Crippen LogP contribution in [-0.2, 0) is 10.0 Å². The number of sulfonamides is 1. The first-order chi connectivity index (χ1) is 10.9. The predicted octanol–water partition coefficient (Wildman–Crippen LogP) is 1.36. The number of carbonyl (C=O) groups is 1. The van der Waals surface area contributed by atoms with Gasteiger partial charge in [0.1, 0.15) is 10.7 Å². The third-order valence-corrected chi connectivity index (χ3v) is 6.52. The minimum Gasteiger partial charge on any atom is -0.455 e. The Bertz CT molecular complexity index is 698. The molecule has 1 unspecified atom stereocenters. The minimum absolute atomic E-state index is 0. The molecule has 7 nitrogen and oxygen atoms in total. The molecule has 2 N–H and O–H groups in total. The lowest BCUT2D eigenvalue weighted by molar-refractivity contribution is 0.0675. The largest absolute Gasteiger partial charge is 0.455 e. The number of piperidine rings is 1. The van der Waals surface area contributed by atoms with Crippen molar-refractivity contribution in [2.75, 3.05) is 26.2 Å². The number of furan rings is 1. The zero-order valence-corrected chi connectivity index (χ0v) is 15.4. The van der Waals surface area contributed by atoms with Gasteiger partial charge in [-0.1, -0.05) is 0 Å². The average Bonchev–Trinajstić information content (AvgIpc) is 3.16. The van der Waals surface area contributed by atoms with Gasteiger partial charge in [0.25, 0.3) is 5.91 Å². The van der Waals surface area contributed by atoms with Crippen LogP contribution in [0.4, 0.5) is 0 Å². The van der Waals surface area contributed by atoms with Gasteiger partial charge in [0.15, 0.2) is 5.76 Å². The normalized spacial score (nSPS) is 22.4. The highest BCUT2D eigenvalue weighted by molar-refractivity contribution is 7.89. The highest BCUT2D eigenvalue weighted by Gasteiger charge is 2.33. The summed E-state index contributed by atoms with van der Waals surface area (Å²) in [6, 6.07) is 1.34. The quantitative estimate of drug-likeness (QED) is 0.857. The lowest BCUT2D eigenvalue weighted by atomic mass is 10.1. The second-order valence-electron chi connectivity index (χ2n) is 6.30. The van der Waals surface area contributed by atoms with Crippen molar-refractivity contribution in [2.45, 2.75) is 43.5 Å². The third kappa shape index (κ3) is 3.61. The molecule has 0 spiro atoms. The molecule has 2 fully saturated rings. The number of nitrogens with zero attached hydrogens (tertiary/aromatic N) is 2. The van der Waals surface area contributed by atoms with Gasteiger partial charge in [0, 0.05) is 38.3 Å². The molecule has 0 aliphatic carbocycles. The zero-order valence-electron chi connectivity index (χ0n) is 13.7. The van der Waals surface area contributed by atoms with Gasteiger partial charge in [-0.3, -0.25) is 4.79 Å². The van der Waals surface area contributed by atoms with E-state index in [2.05, 4.69) is 0 Å². The first-order valence-corrected chi connectivity index (χ1v) is 9.49. The number of carbonyl (C=O) groups excluding carboxylic acids is 1. The second kappa shape index (κ2) is 7.43. The molecule has 9 heteroatoms. The summed E-state index contributed by atoms with van der Waals surface area (Å²) in [4.78, 5) is 14.3. The molecule has 0 radical (unpaired) electrons. The van der Waals surface area contributed by atoms with Crippen molar-refractivity contribution in [3.63, 3.8) is 0 Å². The minimum atomic E-state index is -3.58. The third-order valence-electron chi connectivity index (χ3n) is 4.51. The van der Waals surface area contributed by atoms with E-state index in [0.29, 0.717) is 26.2 Å².